The number of nitrogens with one attached hydrogen (secondary N) is 2. The highest BCUT2D eigenvalue weighted by atomic mass is 127. The molecule has 2 N–H and O–H groups in total. The van der Waals surface area contributed by atoms with Crippen LogP contribution in [-0.2, 0) is 19.6 Å². The van der Waals surface area contributed by atoms with Crippen molar-refractivity contribution in [2.75, 3.05) is 7.05 Å². The Bertz CT molecular complexity index is 899. The Morgan fingerprint density at radius 2 is 1.64 bits per heavy atom. The standard InChI is InChI=1S/C22H27N5.HI/c1-17-7-9-19(10-8-17)14-25-22(23-3)26-15-20-5-4-6-21(13-20)16-27-12-11-24-18(27)2;/h4-13H,14-16H2,1-3H3,(H2,23,25,26);1H. The molecule has 5 nitrogen and oxygen atoms in total. The minimum atomic E-state index is 0. The van der Waals surface area contributed by atoms with Gasteiger partial charge in [0.15, 0.2) is 5.96 Å². The van der Waals surface area contributed by atoms with Crippen LogP contribution >= 0.6 is 24.0 Å². The van der Waals surface area contributed by atoms with Gasteiger partial charge >= 0.3 is 0 Å². The largest absolute Gasteiger partial charge is 0.352 e. The Kier molecular flexibility index (Phi) is 8.50. The van der Waals surface area contributed by atoms with E-state index in [2.05, 4.69) is 80.6 Å². The molecule has 3 aromatic rings. The molecule has 148 valence electrons. The van der Waals surface area contributed by atoms with Crippen LogP contribution in [0.25, 0.3) is 0 Å². The van der Waals surface area contributed by atoms with Crippen molar-refractivity contribution >= 4 is 29.9 Å². The lowest BCUT2D eigenvalue weighted by Gasteiger charge is -2.13. The monoisotopic (exact) mass is 489 g/mol. The van der Waals surface area contributed by atoms with Gasteiger partial charge in [-0.2, -0.15) is 0 Å². The molecule has 6 heteroatoms. The summed E-state index contributed by atoms with van der Waals surface area (Å²) in [5.74, 6) is 1.82. The molecular weight excluding hydrogens is 461 g/mol. The van der Waals surface area contributed by atoms with Crippen LogP contribution in [0.2, 0.25) is 0 Å². The Labute approximate surface area is 184 Å². The Balaban J connectivity index is 0.00000280. The number of guanidine groups is 1. The number of hydrogen-bond acceptors (Lipinski definition) is 2. The fourth-order valence-corrected chi connectivity index (χ4v) is 2.90. The predicted molar refractivity (Wildman–Crippen MR) is 126 cm³/mol. The van der Waals surface area contributed by atoms with E-state index in [1.165, 1.54) is 22.3 Å². The van der Waals surface area contributed by atoms with Crippen molar-refractivity contribution in [1.29, 1.82) is 0 Å². The molecule has 0 fully saturated rings. The van der Waals surface area contributed by atoms with Gasteiger partial charge in [-0.15, -0.1) is 24.0 Å². The summed E-state index contributed by atoms with van der Waals surface area (Å²) < 4.78 is 2.15. The molecule has 1 aromatic heterocycles. The zero-order valence-electron chi connectivity index (χ0n) is 16.6. The van der Waals surface area contributed by atoms with Crippen molar-refractivity contribution < 1.29 is 0 Å². The molecule has 3 rings (SSSR count). The summed E-state index contributed by atoms with van der Waals surface area (Å²) in [5, 5.41) is 6.74. The van der Waals surface area contributed by atoms with Crippen LogP contribution in [-0.4, -0.2) is 22.6 Å². The van der Waals surface area contributed by atoms with Crippen LogP contribution in [0.1, 0.15) is 28.1 Å². The van der Waals surface area contributed by atoms with Crippen LogP contribution in [0.15, 0.2) is 65.9 Å². The zero-order chi connectivity index (χ0) is 19.1. The highest BCUT2D eigenvalue weighted by Gasteiger charge is 2.02. The highest BCUT2D eigenvalue weighted by molar-refractivity contribution is 14.0. The second-order valence-corrected chi connectivity index (χ2v) is 6.69. The predicted octanol–water partition coefficient (Wildman–Crippen LogP) is 4.03. The Hall–Kier alpha value is -2.35. The van der Waals surface area contributed by atoms with Gasteiger partial charge in [0.2, 0.25) is 0 Å². The third-order valence-corrected chi connectivity index (χ3v) is 4.53. The van der Waals surface area contributed by atoms with Crippen molar-refractivity contribution in [3.05, 3.63) is 89.0 Å². The summed E-state index contributed by atoms with van der Waals surface area (Å²) in [4.78, 5) is 8.60. The zero-order valence-corrected chi connectivity index (χ0v) is 19.0. The van der Waals surface area contributed by atoms with Gasteiger partial charge in [0.05, 0.1) is 0 Å². The third kappa shape index (κ3) is 6.37. The maximum absolute atomic E-state index is 4.31. The molecule has 0 atom stereocenters. The number of benzene rings is 2. The molecule has 0 spiro atoms. The van der Waals surface area contributed by atoms with Crippen LogP contribution in [0, 0.1) is 13.8 Å². The van der Waals surface area contributed by atoms with E-state index in [0.717, 1.165) is 31.4 Å². The van der Waals surface area contributed by atoms with E-state index in [9.17, 15) is 0 Å². The summed E-state index contributed by atoms with van der Waals surface area (Å²) in [6, 6.07) is 17.1. The lowest BCUT2D eigenvalue weighted by molar-refractivity contribution is 0.758. The molecule has 0 aliphatic heterocycles. The van der Waals surface area contributed by atoms with Gasteiger partial charge in [0, 0.05) is 39.1 Å². The van der Waals surface area contributed by atoms with Gasteiger partial charge in [0.1, 0.15) is 5.82 Å². The number of aliphatic imine (C=N–C) groups is 1. The van der Waals surface area contributed by atoms with E-state index < -0.39 is 0 Å². The molecule has 0 saturated heterocycles. The van der Waals surface area contributed by atoms with Gasteiger partial charge < -0.3 is 15.2 Å². The van der Waals surface area contributed by atoms with Crippen LogP contribution < -0.4 is 10.6 Å². The Morgan fingerprint density at radius 1 is 0.964 bits per heavy atom. The summed E-state index contributed by atoms with van der Waals surface area (Å²) >= 11 is 0. The first-order valence-corrected chi connectivity index (χ1v) is 9.19. The lowest BCUT2D eigenvalue weighted by Crippen LogP contribution is -2.36. The molecule has 28 heavy (non-hydrogen) atoms. The number of imidazole rings is 1. The lowest BCUT2D eigenvalue weighted by atomic mass is 10.1. The fraction of sp³-hybridized carbons (Fsp3) is 0.273. The number of aromatic nitrogens is 2. The molecule has 1 heterocycles. The number of nitrogens with zero attached hydrogens (tertiary/aromatic N) is 3. The minimum Gasteiger partial charge on any atom is -0.352 e. The molecule has 0 radical (unpaired) electrons. The molecule has 0 saturated carbocycles. The van der Waals surface area contributed by atoms with Gasteiger partial charge in [0.25, 0.3) is 0 Å². The number of hydrogen-bond donors (Lipinski definition) is 2. The SMILES string of the molecule is CN=C(NCc1ccc(C)cc1)NCc1cccc(Cn2ccnc2C)c1.I. The molecular formula is C22H28IN5. The van der Waals surface area contributed by atoms with Crippen LogP contribution in [0.4, 0.5) is 0 Å². The van der Waals surface area contributed by atoms with Crippen molar-refractivity contribution in [2.45, 2.75) is 33.5 Å². The Morgan fingerprint density at radius 3 is 2.29 bits per heavy atom. The molecule has 0 bridgehead atoms. The normalized spacial score (nSPS) is 11.0. The first kappa shape index (κ1) is 21.9. The number of rotatable bonds is 6. The third-order valence-electron chi connectivity index (χ3n) is 4.53. The van der Waals surface area contributed by atoms with E-state index in [1.807, 2.05) is 19.3 Å². The second kappa shape index (κ2) is 10.8. The topological polar surface area (TPSA) is 54.2 Å². The smallest absolute Gasteiger partial charge is 0.191 e. The molecule has 2 aromatic carbocycles. The van der Waals surface area contributed by atoms with E-state index in [-0.39, 0.29) is 24.0 Å². The first-order valence-electron chi connectivity index (χ1n) is 9.19. The van der Waals surface area contributed by atoms with E-state index in [4.69, 9.17) is 0 Å². The van der Waals surface area contributed by atoms with Gasteiger partial charge in [-0.3, -0.25) is 4.99 Å². The van der Waals surface area contributed by atoms with Crippen molar-refractivity contribution in [3.63, 3.8) is 0 Å². The molecule has 0 amide bonds. The first-order chi connectivity index (χ1) is 13.1. The van der Waals surface area contributed by atoms with Gasteiger partial charge in [-0.05, 0) is 30.5 Å². The number of halogens is 1. The molecule has 0 unspecified atom stereocenters. The summed E-state index contributed by atoms with van der Waals surface area (Å²) in [6.45, 7) is 6.43. The van der Waals surface area contributed by atoms with Crippen LogP contribution in [0.5, 0.6) is 0 Å². The highest BCUT2D eigenvalue weighted by Crippen LogP contribution is 2.09. The van der Waals surface area contributed by atoms with E-state index in [0.29, 0.717) is 0 Å². The molecule has 0 aliphatic rings. The van der Waals surface area contributed by atoms with Gasteiger partial charge in [-0.1, -0.05) is 54.1 Å². The quantitative estimate of drug-likeness (QED) is 0.313. The van der Waals surface area contributed by atoms with Crippen molar-refractivity contribution in [1.82, 2.24) is 20.2 Å². The average Bonchev–Trinajstić information content (AvgIpc) is 3.08. The second-order valence-electron chi connectivity index (χ2n) is 6.69. The maximum atomic E-state index is 4.31. The summed E-state index contributed by atoms with van der Waals surface area (Å²) in [7, 11) is 1.79. The van der Waals surface area contributed by atoms with Crippen molar-refractivity contribution in [3.8, 4) is 0 Å². The fourth-order valence-electron chi connectivity index (χ4n) is 2.90. The van der Waals surface area contributed by atoms with Crippen LogP contribution in [0.3, 0.4) is 0 Å². The maximum Gasteiger partial charge on any atom is 0.191 e. The molecule has 0 aliphatic carbocycles. The van der Waals surface area contributed by atoms with E-state index in [1.54, 1.807) is 7.05 Å². The minimum absolute atomic E-state index is 0. The van der Waals surface area contributed by atoms with Gasteiger partial charge in [-0.25, -0.2) is 4.98 Å². The average molecular weight is 489 g/mol. The number of aryl methyl sites for hydroxylation is 2. The van der Waals surface area contributed by atoms with Crippen molar-refractivity contribution in [2.24, 2.45) is 4.99 Å². The van der Waals surface area contributed by atoms with E-state index >= 15 is 0 Å². The summed E-state index contributed by atoms with van der Waals surface area (Å²) in [5.41, 5.74) is 5.00. The summed E-state index contributed by atoms with van der Waals surface area (Å²) in [6.07, 6.45) is 3.85.